The Morgan fingerprint density at radius 3 is 2.21 bits per heavy atom. The molecule has 0 spiro atoms. The molecule has 0 radical (unpaired) electrons. The maximum atomic E-state index is 14.1. The highest BCUT2D eigenvalue weighted by atomic mass is 79.9. The van der Waals surface area contributed by atoms with Gasteiger partial charge in [-0.2, -0.15) is 0 Å². The van der Waals surface area contributed by atoms with Crippen LogP contribution < -0.4 is 5.73 Å². The van der Waals surface area contributed by atoms with E-state index < -0.39 is 11.9 Å². The number of rotatable bonds is 2. The summed E-state index contributed by atoms with van der Waals surface area (Å²) in [5, 5.41) is 0.0435. The van der Waals surface area contributed by atoms with Crippen LogP contribution in [-0.2, 0) is 0 Å². The molecule has 2 rings (SSSR count). The van der Waals surface area contributed by atoms with Crippen molar-refractivity contribution in [2.75, 3.05) is 0 Å². The average molecular weight is 472 g/mol. The number of nitrogens with two attached hydrogens (primary N) is 1. The van der Waals surface area contributed by atoms with Crippen LogP contribution in [0.15, 0.2) is 43.7 Å². The van der Waals surface area contributed by atoms with Gasteiger partial charge in [-0.1, -0.05) is 49.5 Å². The summed E-state index contributed by atoms with van der Waals surface area (Å²) in [7, 11) is 0. The fourth-order valence-corrected chi connectivity index (χ4v) is 3.52. The Hall–Kier alpha value is 0.0600. The molecule has 100 valence electrons. The number of hydrogen-bond acceptors (Lipinski definition) is 1. The molecule has 0 heterocycles. The fourth-order valence-electron chi connectivity index (χ4n) is 1.72. The number of halogens is 5. The van der Waals surface area contributed by atoms with Gasteiger partial charge in [0, 0.05) is 19.0 Å². The number of benzene rings is 2. The van der Waals surface area contributed by atoms with Crippen molar-refractivity contribution in [1.82, 2.24) is 0 Å². The lowest BCUT2D eigenvalue weighted by Gasteiger charge is -2.15. The third kappa shape index (κ3) is 3.39. The summed E-state index contributed by atoms with van der Waals surface area (Å²) in [6.45, 7) is 0. The maximum Gasteiger partial charge on any atom is 0.148 e. The molecule has 1 atom stereocenters. The lowest BCUT2D eigenvalue weighted by Crippen LogP contribution is -2.14. The summed E-state index contributed by atoms with van der Waals surface area (Å²) in [4.78, 5) is 0. The Morgan fingerprint density at radius 1 is 1.05 bits per heavy atom. The first-order chi connectivity index (χ1) is 8.90. The van der Waals surface area contributed by atoms with Crippen LogP contribution in [0.3, 0.4) is 0 Å². The molecular weight excluding hydrogens is 464 g/mol. The zero-order valence-corrected chi connectivity index (χ0v) is 14.9. The Labute approximate surface area is 140 Å². The Balaban J connectivity index is 2.50. The van der Waals surface area contributed by atoms with Crippen LogP contribution >= 0.6 is 59.4 Å². The van der Waals surface area contributed by atoms with Gasteiger partial charge in [0.2, 0.25) is 0 Å². The van der Waals surface area contributed by atoms with Gasteiger partial charge in [0.1, 0.15) is 5.82 Å². The predicted molar refractivity (Wildman–Crippen MR) is 87.0 cm³/mol. The zero-order chi connectivity index (χ0) is 14.2. The molecule has 6 heteroatoms. The summed E-state index contributed by atoms with van der Waals surface area (Å²) >= 11 is 15.8. The van der Waals surface area contributed by atoms with Crippen LogP contribution in [-0.4, -0.2) is 0 Å². The van der Waals surface area contributed by atoms with E-state index >= 15 is 0 Å². The van der Waals surface area contributed by atoms with Crippen molar-refractivity contribution < 1.29 is 4.39 Å². The van der Waals surface area contributed by atoms with E-state index in [9.17, 15) is 4.39 Å². The van der Waals surface area contributed by atoms with E-state index in [4.69, 9.17) is 17.3 Å². The molecule has 0 fully saturated rings. The molecule has 2 aromatic carbocycles. The first-order valence-corrected chi connectivity index (χ1v) is 8.01. The molecule has 0 amide bonds. The molecule has 2 N–H and O–H groups in total. The van der Waals surface area contributed by atoms with E-state index in [0.29, 0.717) is 10.0 Å². The molecule has 0 bridgehead atoms. The maximum absolute atomic E-state index is 14.1. The second-order valence-corrected chi connectivity index (χ2v) is 7.01. The highest BCUT2D eigenvalue weighted by Crippen LogP contribution is 2.33. The van der Waals surface area contributed by atoms with Crippen LogP contribution in [0, 0.1) is 5.82 Å². The summed E-state index contributed by atoms with van der Waals surface area (Å²) < 4.78 is 16.4. The third-order valence-corrected chi connectivity index (χ3v) is 4.82. The van der Waals surface area contributed by atoms with E-state index in [1.54, 1.807) is 12.1 Å². The molecule has 19 heavy (non-hydrogen) atoms. The standard InChI is InChI=1S/C13H8Br3ClFN/c14-7-3-6(4-8(15)5-7)13(19)9-1-2-10(16)11(17)12(9)18/h1-5,13H,19H2. The van der Waals surface area contributed by atoms with E-state index in [1.165, 1.54) is 0 Å². The SMILES string of the molecule is NC(c1cc(Br)cc(Br)c1)c1ccc(Br)c(Cl)c1F. The van der Waals surface area contributed by atoms with Crippen molar-refractivity contribution in [3.05, 3.63) is 65.7 Å². The second-order valence-electron chi connectivity index (χ2n) is 3.95. The minimum Gasteiger partial charge on any atom is -0.320 e. The molecule has 0 aliphatic rings. The fraction of sp³-hybridized carbons (Fsp3) is 0.0769. The highest BCUT2D eigenvalue weighted by Gasteiger charge is 2.18. The summed E-state index contributed by atoms with van der Waals surface area (Å²) in [5.41, 5.74) is 7.27. The molecule has 2 aromatic rings. The van der Waals surface area contributed by atoms with Gasteiger partial charge in [0.15, 0.2) is 0 Å². The molecule has 0 aliphatic heterocycles. The van der Waals surface area contributed by atoms with Crippen LogP contribution in [0.4, 0.5) is 4.39 Å². The van der Waals surface area contributed by atoms with E-state index in [2.05, 4.69) is 47.8 Å². The van der Waals surface area contributed by atoms with Crippen LogP contribution in [0.5, 0.6) is 0 Å². The molecule has 0 aliphatic carbocycles. The molecule has 0 saturated heterocycles. The minimum absolute atomic E-state index is 0.0435. The molecule has 0 aromatic heterocycles. The average Bonchev–Trinajstić information content (AvgIpc) is 2.34. The smallest absolute Gasteiger partial charge is 0.148 e. The summed E-state index contributed by atoms with van der Waals surface area (Å²) in [6.07, 6.45) is 0. The van der Waals surface area contributed by atoms with Crippen LogP contribution in [0.25, 0.3) is 0 Å². The third-order valence-electron chi connectivity index (χ3n) is 2.64. The van der Waals surface area contributed by atoms with Crippen molar-refractivity contribution in [3.63, 3.8) is 0 Å². The van der Waals surface area contributed by atoms with Gasteiger partial charge in [0.25, 0.3) is 0 Å². The first-order valence-electron chi connectivity index (χ1n) is 5.25. The van der Waals surface area contributed by atoms with Gasteiger partial charge in [-0.15, -0.1) is 0 Å². The first kappa shape index (κ1) is 15.4. The van der Waals surface area contributed by atoms with Crippen LogP contribution in [0.2, 0.25) is 5.02 Å². The Morgan fingerprint density at radius 2 is 1.63 bits per heavy atom. The van der Waals surface area contributed by atoms with Gasteiger partial charge < -0.3 is 5.73 Å². The molecule has 1 unspecified atom stereocenters. The van der Waals surface area contributed by atoms with Gasteiger partial charge in [-0.05, 0) is 45.8 Å². The zero-order valence-electron chi connectivity index (χ0n) is 9.43. The van der Waals surface area contributed by atoms with Crippen LogP contribution in [0.1, 0.15) is 17.2 Å². The van der Waals surface area contributed by atoms with E-state index in [1.807, 2.05) is 18.2 Å². The second kappa shape index (κ2) is 6.22. The van der Waals surface area contributed by atoms with Gasteiger partial charge in [-0.3, -0.25) is 0 Å². The predicted octanol–water partition coefficient (Wildman–Crippen LogP) is 5.81. The largest absolute Gasteiger partial charge is 0.320 e. The monoisotopic (exact) mass is 469 g/mol. The van der Waals surface area contributed by atoms with Gasteiger partial charge >= 0.3 is 0 Å². The lowest BCUT2D eigenvalue weighted by atomic mass is 9.99. The topological polar surface area (TPSA) is 26.0 Å². The molecular formula is C13H8Br3ClFN. The van der Waals surface area contributed by atoms with Crippen molar-refractivity contribution in [2.45, 2.75) is 6.04 Å². The Kier molecular flexibility index (Phi) is 5.06. The summed E-state index contributed by atoms with van der Waals surface area (Å²) in [6, 6.07) is 8.33. The van der Waals surface area contributed by atoms with Crippen molar-refractivity contribution in [1.29, 1.82) is 0 Å². The quantitative estimate of drug-likeness (QED) is 0.549. The minimum atomic E-state index is -0.584. The number of hydrogen-bond donors (Lipinski definition) is 1. The Bertz CT molecular complexity index is 613. The summed E-state index contributed by atoms with van der Waals surface area (Å²) in [5.74, 6) is -0.500. The molecule has 0 saturated carbocycles. The normalized spacial score (nSPS) is 12.5. The van der Waals surface area contributed by atoms with Gasteiger partial charge in [0.05, 0.1) is 11.1 Å². The van der Waals surface area contributed by atoms with Crippen molar-refractivity contribution in [3.8, 4) is 0 Å². The van der Waals surface area contributed by atoms with Gasteiger partial charge in [-0.25, -0.2) is 4.39 Å². The van der Waals surface area contributed by atoms with Crippen molar-refractivity contribution in [2.24, 2.45) is 5.73 Å². The van der Waals surface area contributed by atoms with E-state index in [0.717, 1.165) is 14.5 Å². The molecule has 1 nitrogen and oxygen atoms in total. The highest BCUT2D eigenvalue weighted by molar-refractivity contribution is 9.11. The lowest BCUT2D eigenvalue weighted by molar-refractivity contribution is 0.599. The van der Waals surface area contributed by atoms with E-state index in [-0.39, 0.29) is 5.02 Å². The van der Waals surface area contributed by atoms with Crippen molar-refractivity contribution >= 4 is 59.4 Å².